The number of pyridine rings is 1. The lowest BCUT2D eigenvalue weighted by atomic mass is 10.2. The highest BCUT2D eigenvalue weighted by molar-refractivity contribution is 5.49. The Morgan fingerprint density at radius 2 is 1.91 bits per heavy atom. The average Bonchev–Trinajstić information content (AvgIpc) is 3.03. The summed E-state index contributed by atoms with van der Waals surface area (Å²) < 4.78 is 7.58. The minimum atomic E-state index is -0.633. The molecule has 0 aliphatic rings. The molecule has 1 atom stereocenters. The molecule has 0 aliphatic heterocycles. The molecule has 1 unspecified atom stereocenters. The van der Waals surface area contributed by atoms with Gasteiger partial charge in [0, 0.05) is 18.6 Å². The second-order valence-electron chi connectivity index (χ2n) is 5.35. The lowest BCUT2D eigenvalue weighted by Crippen LogP contribution is -2.24. The third-order valence-corrected chi connectivity index (χ3v) is 3.54. The number of aromatic nitrogens is 3. The van der Waals surface area contributed by atoms with Crippen molar-refractivity contribution in [2.24, 2.45) is 0 Å². The van der Waals surface area contributed by atoms with E-state index < -0.39 is 6.10 Å². The number of aliphatic hydroxyl groups excluding tert-OH is 1. The van der Waals surface area contributed by atoms with Gasteiger partial charge in [-0.05, 0) is 30.7 Å². The molecule has 0 amide bonds. The fraction of sp³-hybridized carbons (Fsp3) is 0.222. The zero-order valence-corrected chi connectivity index (χ0v) is 13.0. The molecular weight excluding hydrogens is 290 g/mol. The number of ether oxygens (including phenoxy) is 1. The number of aliphatic hydroxyl groups is 1. The van der Waals surface area contributed by atoms with Gasteiger partial charge in [0.25, 0.3) is 0 Å². The van der Waals surface area contributed by atoms with E-state index in [4.69, 9.17) is 4.74 Å². The molecule has 5 heteroatoms. The highest BCUT2D eigenvalue weighted by Crippen LogP contribution is 2.17. The van der Waals surface area contributed by atoms with E-state index in [9.17, 15) is 5.11 Å². The number of aryl methyl sites for hydroxylation is 1. The molecule has 0 radical (unpaired) electrons. The molecule has 0 bridgehead atoms. The summed E-state index contributed by atoms with van der Waals surface area (Å²) in [5.41, 5.74) is 1.83. The third kappa shape index (κ3) is 3.76. The third-order valence-electron chi connectivity index (χ3n) is 3.54. The number of hydrogen-bond donors (Lipinski definition) is 1. The topological polar surface area (TPSA) is 60.2 Å². The van der Waals surface area contributed by atoms with E-state index in [1.807, 2.05) is 60.2 Å². The number of benzene rings is 1. The van der Waals surface area contributed by atoms with Crippen LogP contribution in [0.25, 0.3) is 11.5 Å². The van der Waals surface area contributed by atoms with E-state index >= 15 is 0 Å². The quantitative estimate of drug-likeness (QED) is 0.760. The first-order valence-corrected chi connectivity index (χ1v) is 7.53. The maximum atomic E-state index is 10.3. The van der Waals surface area contributed by atoms with E-state index in [1.54, 1.807) is 12.4 Å². The Hall–Kier alpha value is -2.66. The van der Waals surface area contributed by atoms with Crippen molar-refractivity contribution in [2.75, 3.05) is 6.61 Å². The summed E-state index contributed by atoms with van der Waals surface area (Å²) in [4.78, 5) is 8.62. The molecule has 0 saturated heterocycles. The largest absolute Gasteiger partial charge is 0.491 e. The van der Waals surface area contributed by atoms with Crippen LogP contribution in [0.4, 0.5) is 0 Å². The molecule has 0 spiro atoms. The van der Waals surface area contributed by atoms with Crippen LogP contribution < -0.4 is 4.74 Å². The summed E-state index contributed by atoms with van der Waals surface area (Å²) >= 11 is 0. The van der Waals surface area contributed by atoms with Crippen LogP contribution >= 0.6 is 0 Å². The van der Waals surface area contributed by atoms with Crippen molar-refractivity contribution in [3.63, 3.8) is 0 Å². The van der Waals surface area contributed by atoms with Gasteiger partial charge in [0.1, 0.15) is 24.2 Å². The van der Waals surface area contributed by atoms with Crippen LogP contribution in [0.5, 0.6) is 5.75 Å². The summed E-state index contributed by atoms with van der Waals surface area (Å²) in [5.74, 6) is 1.53. The van der Waals surface area contributed by atoms with Crippen LogP contribution in [0.2, 0.25) is 0 Å². The highest BCUT2D eigenvalue weighted by atomic mass is 16.5. The fourth-order valence-corrected chi connectivity index (χ4v) is 2.37. The number of rotatable bonds is 6. The predicted molar refractivity (Wildman–Crippen MR) is 88.1 cm³/mol. The minimum Gasteiger partial charge on any atom is -0.491 e. The van der Waals surface area contributed by atoms with Gasteiger partial charge in [-0.3, -0.25) is 4.98 Å². The fourth-order valence-electron chi connectivity index (χ4n) is 2.37. The molecule has 3 aromatic rings. The van der Waals surface area contributed by atoms with Crippen molar-refractivity contribution in [1.29, 1.82) is 0 Å². The lowest BCUT2D eigenvalue weighted by molar-refractivity contribution is 0.0925. The Bertz CT molecular complexity index is 756. The average molecular weight is 309 g/mol. The molecule has 0 saturated carbocycles. The van der Waals surface area contributed by atoms with Gasteiger partial charge >= 0.3 is 0 Å². The lowest BCUT2D eigenvalue weighted by Gasteiger charge is -2.15. The van der Waals surface area contributed by atoms with Crippen molar-refractivity contribution < 1.29 is 9.84 Å². The first kappa shape index (κ1) is 15.2. The summed E-state index contributed by atoms with van der Waals surface area (Å²) in [6.45, 7) is 2.61. The molecule has 1 N–H and O–H groups in total. The van der Waals surface area contributed by atoms with Crippen LogP contribution in [0.1, 0.15) is 5.56 Å². The summed E-state index contributed by atoms with van der Waals surface area (Å²) in [7, 11) is 0. The summed E-state index contributed by atoms with van der Waals surface area (Å²) in [6, 6.07) is 13.4. The zero-order chi connectivity index (χ0) is 16.1. The maximum Gasteiger partial charge on any atom is 0.158 e. The normalized spacial score (nSPS) is 12.1. The van der Waals surface area contributed by atoms with Crippen molar-refractivity contribution in [1.82, 2.24) is 14.5 Å². The minimum absolute atomic E-state index is 0.227. The van der Waals surface area contributed by atoms with Gasteiger partial charge in [0.05, 0.1) is 6.54 Å². The molecule has 118 valence electrons. The Labute approximate surface area is 135 Å². The molecule has 0 fully saturated rings. The molecular formula is C18H19N3O2. The van der Waals surface area contributed by atoms with Crippen molar-refractivity contribution in [2.45, 2.75) is 19.6 Å². The van der Waals surface area contributed by atoms with Crippen LogP contribution in [0, 0.1) is 6.92 Å². The molecule has 2 aromatic heterocycles. The summed E-state index contributed by atoms with van der Waals surface area (Å²) in [5, 5.41) is 10.3. The smallest absolute Gasteiger partial charge is 0.158 e. The Balaban J connectivity index is 1.64. The predicted octanol–water partition coefficient (Wildman–Crippen LogP) is 2.69. The second kappa shape index (κ2) is 7.07. The van der Waals surface area contributed by atoms with E-state index in [0.717, 1.165) is 22.8 Å². The number of nitrogens with zero attached hydrogens (tertiary/aromatic N) is 3. The van der Waals surface area contributed by atoms with Gasteiger partial charge in [-0.1, -0.05) is 24.3 Å². The SMILES string of the molecule is Cc1ccccc1OCC(O)Cn1ccnc1-c1ccccn1. The van der Waals surface area contributed by atoms with Gasteiger partial charge in [-0.15, -0.1) is 0 Å². The molecule has 2 heterocycles. The Morgan fingerprint density at radius 3 is 2.70 bits per heavy atom. The van der Waals surface area contributed by atoms with Crippen LogP contribution in [0.15, 0.2) is 61.1 Å². The van der Waals surface area contributed by atoms with Crippen molar-refractivity contribution in [3.05, 3.63) is 66.6 Å². The number of para-hydroxylation sites is 1. The summed E-state index contributed by atoms with van der Waals surface area (Å²) in [6.07, 6.45) is 4.64. The molecule has 5 nitrogen and oxygen atoms in total. The van der Waals surface area contributed by atoms with Gasteiger partial charge < -0.3 is 14.4 Å². The van der Waals surface area contributed by atoms with E-state index in [-0.39, 0.29) is 6.61 Å². The van der Waals surface area contributed by atoms with E-state index in [0.29, 0.717) is 6.54 Å². The highest BCUT2D eigenvalue weighted by Gasteiger charge is 2.12. The standard InChI is InChI=1S/C18H19N3O2/c1-14-6-2-3-8-17(14)23-13-15(22)12-21-11-10-20-18(21)16-7-4-5-9-19-16/h2-11,15,22H,12-13H2,1H3. The first-order chi connectivity index (χ1) is 11.2. The van der Waals surface area contributed by atoms with Crippen molar-refractivity contribution in [3.8, 4) is 17.3 Å². The molecule has 1 aromatic carbocycles. The number of imidazole rings is 1. The monoisotopic (exact) mass is 309 g/mol. The Kier molecular flexibility index (Phi) is 4.68. The molecule has 3 rings (SSSR count). The van der Waals surface area contributed by atoms with Crippen LogP contribution in [-0.4, -0.2) is 32.4 Å². The maximum absolute atomic E-state index is 10.3. The Morgan fingerprint density at radius 1 is 1.09 bits per heavy atom. The van der Waals surface area contributed by atoms with Gasteiger partial charge in [0.15, 0.2) is 5.82 Å². The molecule has 0 aliphatic carbocycles. The van der Waals surface area contributed by atoms with Crippen molar-refractivity contribution >= 4 is 0 Å². The van der Waals surface area contributed by atoms with Crippen LogP contribution in [-0.2, 0) is 6.54 Å². The zero-order valence-electron chi connectivity index (χ0n) is 13.0. The van der Waals surface area contributed by atoms with Crippen LogP contribution in [0.3, 0.4) is 0 Å². The molecule has 23 heavy (non-hydrogen) atoms. The van der Waals surface area contributed by atoms with Gasteiger partial charge in [-0.2, -0.15) is 0 Å². The first-order valence-electron chi connectivity index (χ1n) is 7.53. The van der Waals surface area contributed by atoms with E-state index in [2.05, 4.69) is 9.97 Å². The van der Waals surface area contributed by atoms with E-state index in [1.165, 1.54) is 0 Å². The second-order valence-corrected chi connectivity index (χ2v) is 5.35. The number of hydrogen-bond acceptors (Lipinski definition) is 4. The van der Waals surface area contributed by atoms with Gasteiger partial charge in [0.2, 0.25) is 0 Å². The van der Waals surface area contributed by atoms with Gasteiger partial charge in [-0.25, -0.2) is 4.98 Å².